The molecule has 3 nitrogen and oxygen atoms in total. The number of carboxylic acids is 1. The Kier molecular flexibility index (Phi) is 3.56. The molecular weight excluding hydrogens is 234 g/mol. The van der Waals surface area contributed by atoms with Crippen molar-refractivity contribution in [1.29, 1.82) is 0 Å². The third kappa shape index (κ3) is 2.54. The highest BCUT2D eigenvalue weighted by Gasteiger charge is 2.09. The van der Waals surface area contributed by atoms with Crippen LogP contribution < -0.4 is 5.73 Å². The van der Waals surface area contributed by atoms with Gasteiger partial charge in [0.1, 0.15) is 4.88 Å². The normalized spacial score (nSPS) is 11.4. The molecule has 0 saturated heterocycles. The van der Waals surface area contributed by atoms with Gasteiger partial charge >= 0.3 is 5.97 Å². The number of nitrogens with two attached hydrogens (primary N) is 1. The average Bonchev–Trinajstić information content (AvgIpc) is 2.74. The molecule has 0 atom stereocenters. The molecule has 17 heavy (non-hydrogen) atoms. The molecule has 2 aromatic rings. The molecule has 1 aromatic heterocycles. The number of benzene rings is 1. The second-order valence-electron chi connectivity index (χ2n) is 3.65. The largest absolute Gasteiger partial charge is 0.477 e. The minimum absolute atomic E-state index is 0.375. The van der Waals surface area contributed by atoms with E-state index in [1.165, 1.54) is 11.3 Å². The van der Waals surface area contributed by atoms with Crippen molar-refractivity contribution in [1.82, 2.24) is 0 Å². The van der Waals surface area contributed by atoms with Gasteiger partial charge in [-0.1, -0.05) is 24.3 Å². The summed E-state index contributed by atoms with van der Waals surface area (Å²) < 4.78 is 0.997. The molecule has 0 aliphatic rings. The number of thiophene rings is 1. The number of carbonyl (C=O) groups is 1. The first-order valence-electron chi connectivity index (χ1n) is 5.35. The van der Waals surface area contributed by atoms with Crippen LogP contribution >= 0.6 is 11.3 Å². The fourth-order valence-corrected chi connectivity index (χ4v) is 2.58. The third-order valence-electron chi connectivity index (χ3n) is 2.44. The van der Waals surface area contributed by atoms with Crippen LogP contribution in [-0.2, 0) is 0 Å². The standard InChI is InChI=1S/C13H13NO2S/c14-7-2-1-4-9-5-3-6-11-10(9)8-12(17-11)13(15)16/h1,3-6,8H,2,7,14H2,(H,15,16). The first kappa shape index (κ1) is 11.8. The number of aromatic carboxylic acids is 1. The predicted octanol–water partition coefficient (Wildman–Crippen LogP) is 2.96. The Balaban J connectivity index is 2.45. The lowest BCUT2D eigenvalue weighted by molar-refractivity contribution is 0.0702. The van der Waals surface area contributed by atoms with Crippen molar-refractivity contribution in [2.24, 2.45) is 5.73 Å². The van der Waals surface area contributed by atoms with Crippen molar-refractivity contribution in [3.8, 4) is 0 Å². The van der Waals surface area contributed by atoms with E-state index in [0.29, 0.717) is 11.4 Å². The van der Waals surface area contributed by atoms with E-state index < -0.39 is 5.97 Å². The zero-order valence-electron chi connectivity index (χ0n) is 9.22. The number of carboxylic acid groups (broad SMARTS) is 1. The van der Waals surface area contributed by atoms with Gasteiger partial charge in [0.2, 0.25) is 0 Å². The van der Waals surface area contributed by atoms with Crippen LogP contribution in [0.25, 0.3) is 16.2 Å². The van der Waals surface area contributed by atoms with E-state index in [4.69, 9.17) is 10.8 Å². The number of hydrogen-bond acceptors (Lipinski definition) is 3. The molecule has 0 spiro atoms. The fourth-order valence-electron chi connectivity index (χ4n) is 1.64. The second kappa shape index (κ2) is 5.12. The number of fused-ring (bicyclic) bond motifs is 1. The van der Waals surface area contributed by atoms with Crippen LogP contribution in [0.3, 0.4) is 0 Å². The third-order valence-corrected chi connectivity index (χ3v) is 3.53. The van der Waals surface area contributed by atoms with E-state index in [1.807, 2.05) is 30.4 Å². The summed E-state index contributed by atoms with van der Waals surface area (Å²) in [5.41, 5.74) is 6.46. The van der Waals surface area contributed by atoms with Gasteiger partial charge in [-0.05, 0) is 30.7 Å². The topological polar surface area (TPSA) is 63.3 Å². The van der Waals surface area contributed by atoms with Gasteiger partial charge in [-0.15, -0.1) is 11.3 Å². The molecule has 0 aliphatic heterocycles. The Hall–Kier alpha value is -1.65. The maximum absolute atomic E-state index is 10.9. The van der Waals surface area contributed by atoms with E-state index >= 15 is 0 Å². The van der Waals surface area contributed by atoms with Gasteiger partial charge in [0.25, 0.3) is 0 Å². The maximum Gasteiger partial charge on any atom is 0.345 e. The predicted molar refractivity (Wildman–Crippen MR) is 71.5 cm³/mol. The first-order chi connectivity index (χ1) is 8.22. The molecule has 2 rings (SSSR count). The van der Waals surface area contributed by atoms with Crippen molar-refractivity contribution in [3.05, 3.63) is 40.8 Å². The van der Waals surface area contributed by atoms with E-state index in [1.54, 1.807) is 6.07 Å². The highest BCUT2D eigenvalue weighted by atomic mass is 32.1. The highest BCUT2D eigenvalue weighted by Crippen LogP contribution is 2.29. The van der Waals surface area contributed by atoms with Crippen LogP contribution in [0, 0.1) is 0 Å². The van der Waals surface area contributed by atoms with Gasteiger partial charge in [0.15, 0.2) is 0 Å². The summed E-state index contributed by atoms with van der Waals surface area (Å²) in [6.07, 6.45) is 4.83. The van der Waals surface area contributed by atoms with E-state index in [9.17, 15) is 4.79 Å². The number of hydrogen-bond donors (Lipinski definition) is 2. The lowest BCUT2D eigenvalue weighted by atomic mass is 10.1. The van der Waals surface area contributed by atoms with Crippen molar-refractivity contribution in [2.45, 2.75) is 6.42 Å². The molecular formula is C13H13NO2S. The van der Waals surface area contributed by atoms with Crippen LogP contribution in [0.15, 0.2) is 30.3 Å². The molecule has 1 heterocycles. The second-order valence-corrected chi connectivity index (χ2v) is 4.74. The summed E-state index contributed by atoms with van der Waals surface area (Å²) in [6, 6.07) is 7.58. The Labute approximate surface area is 103 Å². The van der Waals surface area contributed by atoms with Gasteiger partial charge < -0.3 is 10.8 Å². The lowest BCUT2D eigenvalue weighted by Gasteiger charge is -1.95. The van der Waals surface area contributed by atoms with Crippen LogP contribution in [0.5, 0.6) is 0 Å². The van der Waals surface area contributed by atoms with Crippen LogP contribution in [0.4, 0.5) is 0 Å². The van der Waals surface area contributed by atoms with Gasteiger partial charge in [-0.2, -0.15) is 0 Å². The average molecular weight is 247 g/mol. The monoisotopic (exact) mass is 247 g/mol. The van der Waals surface area contributed by atoms with Gasteiger partial charge in [-0.25, -0.2) is 4.79 Å². The molecule has 0 radical (unpaired) electrons. The van der Waals surface area contributed by atoms with E-state index in [0.717, 1.165) is 22.1 Å². The van der Waals surface area contributed by atoms with Crippen LogP contribution in [0.2, 0.25) is 0 Å². The Morgan fingerprint density at radius 3 is 3.00 bits per heavy atom. The van der Waals surface area contributed by atoms with Gasteiger partial charge in [-0.3, -0.25) is 0 Å². The van der Waals surface area contributed by atoms with Gasteiger partial charge in [0, 0.05) is 10.1 Å². The molecule has 0 bridgehead atoms. The summed E-state index contributed by atoms with van der Waals surface area (Å²) in [4.78, 5) is 11.3. The van der Waals surface area contributed by atoms with Crippen molar-refractivity contribution in [3.63, 3.8) is 0 Å². The van der Waals surface area contributed by atoms with Crippen molar-refractivity contribution < 1.29 is 9.90 Å². The summed E-state index contributed by atoms with van der Waals surface area (Å²) in [5, 5.41) is 9.96. The minimum atomic E-state index is -0.872. The molecule has 0 fully saturated rings. The molecule has 1 aromatic carbocycles. The first-order valence-corrected chi connectivity index (χ1v) is 6.16. The zero-order chi connectivity index (χ0) is 12.3. The Morgan fingerprint density at radius 1 is 1.47 bits per heavy atom. The summed E-state index contributed by atoms with van der Waals surface area (Å²) in [7, 11) is 0. The Bertz CT molecular complexity index is 572. The van der Waals surface area contributed by atoms with Gasteiger partial charge in [0.05, 0.1) is 0 Å². The summed E-state index contributed by atoms with van der Waals surface area (Å²) in [6.45, 7) is 0.622. The highest BCUT2D eigenvalue weighted by molar-refractivity contribution is 7.20. The van der Waals surface area contributed by atoms with Crippen molar-refractivity contribution >= 4 is 33.5 Å². The summed E-state index contributed by atoms with van der Waals surface area (Å²) in [5.74, 6) is -0.872. The van der Waals surface area contributed by atoms with E-state index in [2.05, 4.69) is 0 Å². The van der Waals surface area contributed by atoms with Crippen molar-refractivity contribution in [2.75, 3.05) is 6.54 Å². The molecule has 0 amide bonds. The lowest BCUT2D eigenvalue weighted by Crippen LogP contribution is -1.94. The fraction of sp³-hybridized carbons (Fsp3) is 0.154. The summed E-state index contributed by atoms with van der Waals surface area (Å²) >= 11 is 1.30. The van der Waals surface area contributed by atoms with E-state index in [-0.39, 0.29) is 0 Å². The quantitative estimate of drug-likeness (QED) is 0.873. The molecule has 0 aliphatic carbocycles. The smallest absolute Gasteiger partial charge is 0.345 e. The Morgan fingerprint density at radius 2 is 2.29 bits per heavy atom. The molecule has 0 saturated carbocycles. The SMILES string of the molecule is NCCC=Cc1cccc2sc(C(=O)O)cc12. The maximum atomic E-state index is 10.9. The zero-order valence-corrected chi connectivity index (χ0v) is 10.0. The molecule has 3 N–H and O–H groups in total. The molecule has 0 unspecified atom stereocenters. The minimum Gasteiger partial charge on any atom is -0.477 e. The van der Waals surface area contributed by atoms with Crippen LogP contribution in [-0.4, -0.2) is 17.6 Å². The molecule has 88 valence electrons. The molecule has 4 heteroatoms. The van der Waals surface area contributed by atoms with Crippen LogP contribution in [0.1, 0.15) is 21.7 Å². The number of rotatable bonds is 4.